The van der Waals surface area contributed by atoms with Crippen LogP contribution in [-0.2, 0) is 11.3 Å². The molecule has 0 saturated heterocycles. The number of allylic oxidation sites excluding steroid dienone is 1. The summed E-state index contributed by atoms with van der Waals surface area (Å²) >= 11 is 0. The van der Waals surface area contributed by atoms with E-state index >= 15 is 0 Å². The van der Waals surface area contributed by atoms with E-state index in [1.165, 1.54) is 16.7 Å². The van der Waals surface area contributed by atoms with Crippen LogP contribution in [0.4, 0.5) is 17.6 Å². The van der Waals surface area contributed by atoms with Gasteiger partial charge in [0.25, 0.3) is 5.56 Å². The number of fused-ring (bicyclic) bond motifs is 1. The molecule has 0 spiro atoms. The Morgan fingerprint density at radius 2 is 1.84 bits per heavy atom. The number of benzene rings is 2. The van der Waals surface area contributed by atoms with Crippen LogP contribution in [0.3, 0.4) is 0 Å². The summed E-state index contributed by atoms with van der Waals surface area (Å²) in [5.41, 5.74) is 3.57. The highest BCUT2D eigenvalue weighted by atomic mass is 19.4. The zero-order valence-electron chi connectivity index (χ0n) is 19.4. The Hall–Kier alpha value is -4.78. The van der Waals surface area contributed by atoms with Gasteiger partial charge in [-0.05, 0) is 59.8 Å². The number of aliphatic carboxylic acids is 1. The summed E-state index contributed by atoms with van der Waals surface area (Å²) in [6.07, 6.45) is -1.79. The van der Waals surface area contributed by atoms with Crippen molar-refractivity contribution in [2.75, 3.05) is 0 Å². The van der Waals surface area contributed by atoms with Gasteiger partial charge in [-0.1, -0.05) is 24.3 Å². The minimum atomic E-state index is -5.08. The molecule has 0 saturated carbocycles. The van der Waals surface area contributed by atoms with Crippen LogP contribution in [0.25, 0.3) is 33.2 Å². The van der Waals surface area contributed by atoms with E-state index < -0.39 is 18.0 Å². The standard InChI is InChI=1S/C25H18FN3O.C2HF3O2/c1-3-11-29-23(15-27)24(18-5-4-6-19(26)13-18)21-14-17(7-8-20(21)25(29)30)22-12-16(2)9-10-28-22;3-2(4,5)1(6)7/h3-10,12-14H,1,11H2,2H3;(H,6,7). The monoisotopic (exact) mass is 509 g/mol. The molecule has 2 aromatic heterocycles. The number of aromatic nitrogens is 2. The number of nitriles is 1. The highest BCUT2D eigenvalue weighted by Gasteiger charge is 2.38. The first-order valence-corrected chi connectivity index (χ1v) is 10.7. The molecular weight excluding hydrogens is 490 g/mol. The van der Waals surface area contributed by atoms with E-state index in [9.17, 15) is 27.6 Å². The molecule has 0 radical (unpaired) electrons. The third-order valence-corrected chi connectivity index (χ3v) is 5.26. The van der Waals surface area contributed by atoms with Gasteiger partial charge in [0.1, 0.15) is 17.6 Å². The SMILES string of the molecule is C=CCn1c(C#N)c(-c2cccc(F)c2)c2cc(-c3cc(C)ccn3)ccc2c1=O.O=C(O)C(F)(F)F. The zero-order chi connectivity index (χ0) is 27.3. The van der Waals surface area contributed by atoms with Crippen LogP contribution >= 0.6 is 0 Å². The maximum atomic E-state index is 14.0. The Kier molecular flexibility index (Phi) is 7.88. The fourth-order valence-corrected chi connectivity index (χ4v) is 3.66. The fraction of sp³-hybridized carbons (Fsp3) is 0.111. The maximum Gasteiger partial charge on any atom is 0.490 e. The second kappa shape index (κ2) is 10.9. The van der Waals surface area contributed by atoms with Gasteiger partial charge in [-0.15, -0.1) is 6.58 Å². The average Bonchev–Trinajstić information content (AvgIpc) is 2.85. The third-order valence-electron chi connectivity index (χ3n) is 5.26. The molecule has 0 aliphatic carbocycles. The van der Waals surface area contributed by atoms with E-state index in [1.807, 2.05) is 31.2 Å². The number of nitrogens with zero attached hydrogens (tertiary/aromatic N) is 3. The van der Waals surface area contributed by atoms with Crippen molar-refractivity contribution < 1.29 is 27.5 Å². The first-order chi connectivity index (χ1) is 17.5. The quantitative estimate of drug-likeness (QED) is 0.274. The first kappa shape index (κ1) is 26.8. The van der Waals surface area contributed by atoms with Crippen molar-refractivity contribution in [3.05, 3.63) is 101 Å². The summed E-state index contributed by atoms with van der Waals surface area (Å²) in [5.74, 6) is -3.17. The van der Waals surface area contributed by atoms with Gasteiger partial charge in [0, 0.05) is 29.3 Å². The Morgan fingerprint density at radius 3 is 2.41 bits per heavy atom. The predicted octanol–water partition coefficient (Wildman–Crippen LogP) is 5.87. The number of carbonyl (C=O) groups is 1. The van der Waals surface area contributed by atoms with Crippen molar-refractivity contribution >= 4 is 16.7 Å². The summed E-state index contributed by atoms with van der Waals surface area (Å²) in [4.78, 5) is 26.4. The molecule has 0 aliphatic rings. The predicted molar refractivity (Wildman–Crippen MR) is 130 cm³/mol. The minimum absolute atomic E-state index is 0.173. The lowest BCUT2D eigenvalue weighted by molar-refractivity contribution is -0.192. The van der Waals surface area contributed by atoms with Gasteiger partial charge >= 0.3 is 12.1 Å². The van der Waals surface area contributed by atoms with Gasteiger partial charge in [-0.25, -0.2) is 9.18 Å². The number of pyridine rings is 2. The van der Waals surface area contributed by atoms with E-state index in [2.05, 4.69) is 17.6 Å². The second-order valence-corrected chi connectivity index (χ2v) is 7.83. The molecule has 0 aliphatic heterocycles. The third kappa shape index (κ3) is 5.90. The van der Waals surface area contributed by atoms with Gasteiger partial charge in [0.2, 0.25) is 0 Å². The number of alkyl halides is 3. The van der Waals surface area contributed by atoms with Gasteiger partial charge in [0.15, 0.2) is 0 Å². The lowest BCUT2D eigenvalue weighted by Gasteiger charge is -2.16. The second-order valence-electron chi connectivity index (χ2n) is 7.83. The summed E-state index contributed by atoms with van der Waals surface area (Å²) in [7, 11) is 0. The number of rotatable bonds is 4. The Balaban J connectivity index is 0.000000479. The van der Waals surface area contributed by atoms with Crippen molar-refractivity contribution in [2.24, 2.45) is 0 Å². The molecule has 0 unspecified atom stereocenters. The van der Waals surface area contributed by atoms with Crippen LogP contribution in [-0.4, -0.2) is 26.8 Å². The maximum absolute atomic E-state index is 14.0. The molecule has 0 atom stereocenters. The summed E-state index contributed by atoms with van der Waals surface area (Å²) < 4.78 is 47.1. The van der Waals surface area contributed by atoms with Crippen LogP contribution < -0.4 is 5.56 Å². The molecule has 4 rings (SSSR count). The fourth-order valence-electron chi connectivity index (χ4n) is 3.66. The molecule has 37 heavy (non-hydrogen) atoms. The molecule has 10 heteroatoms. The van der Waals surface area contributed by atoms with Crippen LogP contribution in [0.5, 0.6) is 0 Å². The number of carboxylic acid groups (broad SMARTS) is 1. The molecule has 0 fully saturated rings. The van der Waals surface area contributed by atoms with E-state index in [0.29, 0.717) is 21.9 Å². The van der Waals surface area contributed by atoms with E-state index in [1.54, 1.807) is 30.5 Å². The van der Waals surface area contributed by atoms with Crippen LogP contribution in [0.15, 0.2) is 78.2 Å². The van der Waals surface area contributed by atoms with Gasteiger partial charge in [-0.2, -0.15) is 18.4 Å². The number of hydrogen-bond acceptors (Lipinski definition) is 4. The largest absolute Gasteiger partial charge is 0.490 e. The van der Waals surface area contributed by atoms with Crippen LogP contribution in [0.1, 0.15) is 11.3 Å². The molecule has 2 heterocycles. The summed E-state index contributed by atoms with van der Waals surface area (Å²) in [5, 5.41) is 18.1. The van der Waals surface area contributed by atoms with E-state index in [0.717, 1.165) is 16.8 Å². The number of hydrogen-bond donors (Lipinski definition) is 1. The molecule has 1 N–H and O–H groups in total. The molecule has 0 bridgehead atoms. The van der Waals surface area contributed by atoms with Gasteiger partial charge < -0.3 is 5.11 Å². The Bertz CT molecular complexity index is 1600. The molecular formula is C27H19F4N3O3. The summed E-state index contributed by atoms with van der Waals surface area (Å²) in [6, 6.07) is 17.5. The van der Waals surface area contributed by atoms with Crippen molar-refractivity contribution in [1.29, 1.82) is 5.26 Å². The molecule has 2 aromatic carbocycles. The number of carboxylic acids is 1. The van der Waals surface area contributed by atoms with Crippen molar-refractivity contribution in [2.45, 2.75) is 19.6 Å². The normalized spacial score (nSPS) is 10.8. The van der Waals surface area contributed by atoms with Gasteiger partial charge in [0.05, 0.1) is 5.69 Å². The molecule has 6 nitrogen and oxygen atoms in total. The Labute approximate surface area is 208 Å². The zero-order valence-corrected chi connectivity index (χ0v) is 19.4. The minimum Gasteiger partial charge on any atom is -0.475 e. The lowest BCUT2D eigenvalue weighted by Crippen LogP contribution is -2.23. The molecule has 4 aromatic rings. The van der Waals surface area contributed by atoms with Crippen molar-refractivity contribution in [3.8, 4) is 28.5 Å². The summed E-state index contributed by atoms with van der Waals surface area (Å²) in [6.45, 7) is 5.85. The van der Waals surface area contributed by atoms with Crippen LogP contribution in [0, 0.1) is 24.1 Å². The van der Waals surface area contributed by atoms with Crippen LogP contribution in [0.2, 0.25) is 0 Å². The molecule has 0 amide bonds. The smallest absolute Gasteiger partial charge is 0.475 e. The highest BCUT2D eigenvalue weighted by Crippen LogP contribution is 2.33. The topological polar surface area (TPSA) is 96.0 Å². The van der Waals surface area contributed by atoms with E-state index in [4.69, 9.17) is 9.90 Å². The number of aryl methyl sites for hydroxylation is 1. The average molecular weight is 509 g/mol. The lowest BCUT2D eigenvalue weighted by atomic mass is 9.94. The highest BCUT2D eigenvalue weighted by molar-refractivity contribution is 6.00. The van der Waals surface area contributed by atoms with Crippen molar-refractivity contribution in [1.82, 2.24) is 9.55 Å². The number of halogens is 4. The first-order valence-electron chi connectivity index (χ1n) is 10.7. The van der Waals surface area contributed by atoms with Crippen molar-refractivity contribution in [3.63, 3.8) is 0 Å². The van der Waals surface area contributed by atoms with Gasteiger partial charge in [-0.3, -0.25) is 14.3 Å². The Morgan fingerprint density at radius 1 is 1.14 bits per heavy atom. The van der Waals surface area contributed by atoms with E-state index in [-0.39, 0.29) is 17.8 Å². The molecule has 188 valence electrons.